The highest BCUT2D eigenvalue weighted by molar-refractivity contribution is 5.79. The van der Waals surface area contributed by atoms with Crippen molar-refractivity contribution in [2.75, 3.05) is 6.61 Å². The number of aryl methyl sites for hydroxylation is 2. The summed E-state index contributed by atoms with van der Waals surface area (Å²) in [5, 5.41) is 14.4. The van der Waals surface area contributed by atoms with Crippen molar-refractivity contribution < 1.29 is 9.84 Å². The van der Waals surface area contributed by atoms with Crippen LogP contribution in [-0.2, 0) is 13.5 Å². The van der Waals surface area contributed by atoms with Gasteiger partial charge in [0.25, 0.3) is 5.56 Å². The fourth-order valence-corrected chi connectivity index (χ4v) is 3.05. The van der Waals surface area contributed by atoms with Gasteiger partial charge in [-0.25, -0.2) is 4.98 Å². The van der Waals surface area contributed by atoms with Crippen LogP contribution in [0, 0.1) is 0 Å². The zero-order chi connectivity index (χ0) is 18.8. The van der Waals surface area contributed by atoms with E-state index in [1.165, 1.54) is 0 Å². The molecule has 0 amide bonds. The minimum atomic E-state index is -0.631. The summed E-state index contributed by atoms with van der Waals surface area (Å²) in [5.74, 6) is 1.03. The third-order valence-electron chi connectivity index (χ3n) is 4.29. The van der Waals surface area contributed by atoms with Gasteiger partial charge in [-0.05, 0) is 38.0 Å². The molecule has 26 heavy (non-hydrogen) atoms. The molecule has 3 rings (SSSR count). The van der Waals surface area contributed by atoms with Gasteiger partial charge >= 0.3 is 0 Å². The molecule has 0 bridgehead atoms. The number of fused-ring (bicyclic) bond motifs is 1. The summed E-state index contributed by atoms with van der Waals surface area (Å²) in [6.45, 7) is 6.14. The van der Waals surface area contributed by atoms with Crippen LogP contribution in [0.2, 0.25) is 0 Å². The Morgan fingerprint density at radius 3 is 2.77 bits per heavy atom. The highest BCUT2D eigenvalue weighted by Gasteiger charge is 2.18. The highest BCUT2D eigenvalue weighted by Crippen LogP contribution is 2.31. The highest BCUT2D eigenvalue weighted by atomic mass is 16.5. The molecule has 3 aromatic rings. The second-order valence-electron chi connectivity index (χ2n) is 6.30. The fraction of sp³-hybridized carbons (Fsp3) is 0.421. The van der Waals surface area contributed by atoms with Gasteiger partial charge in [0, 0.05) is 7.05 Å². The number of aliphatic hydroxyl groups excluding tert-OH is 1. The van der Waals surface area contributed by atoms with Crippen molar-refractivity contribution in [3.63, 3.8) is 0 Å². The Labute approximate surface area is 151 Å². The average Bonchev–Trinajstić information content (AvgIpc) is 2.92. The molecule has 0 spiro atoms. The monoisotopic (exact) mass is 356 g/mol. The van der Waals surface area contributed by atoms with E-state index in [1.807, 2.05) is 13.0 Å². The van der Waals surface area contributed by atoms with Gasteiger partial charge in [0.05, 0.1) is 24.0 Å². The lowest BCUT2D eigenvalue weighted by molar-refractivity contribution is 0.199. The van der Waals surface area contributed by atoms with E-state index in [1.54, 1.807) is 30.8 Å². The van der Waals surface area contributed by atoms with Crippen LogP contribution in [0.3, 0.4) is 0 Å². The molecule has 7 heteroatoms. The van der Waals surface area contributed by atoms with E-state index in [-0.39, 0.29) is 5.56 Å². The molecule has 0 saturated heterocycles. The number of H-pyrrole nitrogens is 1. The Balaban J connectivity index is 2.26. The minimum absolute atomic E-state index is 0.243. The van der Waals surface area contributed by atoms with Gasteiger partial charge in [-0.3, -0.25) is 9.48 Å². The lowest BCUT2D eigenvalue weighted by Gasteiger charge is -2.13. The molecule has 7 nitrogen and oxygen atoms in total. The standard InChI is InChI=1S/C19H24N4O3/c1-5-7-14-16-17(23(4)22-14)19(25)21-18(20-16)13-10-12(11(3)24)8-9-15(13)26-6-2/h8-11,24H,5-7H2,1-4H3,(H,20,21,25). The minimum Gasteiger partial charge on any atom is -0.493 e. The molecule has 0 radical (unpaired) electrons. The average molecular weight is 356 g/mol. The van der Waals surface area contributed by atoms with Gasteiger partial charge in [-0.1, -0.05) is 19.4 Å². The lowest BCUT2D eigenvalue weighted by atomic mass is 10.1. The van der Waals surface area contributed by atoms with Gasteiger partial charge in [0.2, 0.25) is 0 Å². The number of nitrogens with zero attached hydrogens (tertiary/aromatic N) is 3. The Bertz CT molecular complexity index is 988. The van der Waals surface area contributed by atoms with E-state index in [9.17, 15) is 9.90 Å². The molecule has 0 saturated carbocycles. The first-order valence-corrected chi connectivity index (χ1v) is 8.87. The Kier molecular flexibility index (Phi) is 5.08. The van der Waals surface area contributed by atoms with Crippen molar-refractivity contribution in [3.05, 3.63) is 39.8 Å². The number of aliphatic hydroxyl groups is 1. The van der Waals surface area contributed by atoms with Gasteiger partial charge in [-0.15, -0.1) is 0 Å². The number of aromatic amines is 1. The Hall–Kier alpha value is -2.67. The van der Waals surface area contributed by atoms with E-state index >= 15 is 0 Å². The van der Waals surface area contributed by atoms with Gasteiger partial charge in [0.15, 0.2) is 5.52 Å². The largest absolute Gasteiger partial charge is 0.493 e. The van der Waals surface area contributed by atoms with E-state index < -0.39 is 6.10 Å². The van der Waals surface area contributed by atoms with Crippen molar-refractivity contribution in [2.24, 2.45) is 7.05 Å². The fourth-order valence-electron chi connectivity index (χ4n) is 3.05. The van der Waals surface area contributed by atoms with E-state index in [0.717, 1.165) is 24.1 Å². The molecule has 1 aromatic carbocycles. The van der Waals surface area contributed by atoms with Crippen molar-refractivity contribution in [3.8, 4) is 17.1 Å². The Morgan fingerprint density at radius 1 is 1.35 bits per heavy atom. The third kappa shape index (κ3) is 3.22. The lowest BCUT2D eigenvalue weighted by Crippen LogP contribution is -2.13. The number of benzene rings is 1. The molecule has 1 atom stereocenters. The molecule has 2 heterocycles. The van der Waals surface area contributed by atoms with Gasteiger partial charge in [-0.2, -0.15) is 5.10 Å². The van der Waals surface area contributed by atoms with Crippen LogP contribution >= 0.6 is 0 Å². The number of aromatic nitrogens is 4. The first-order valence-electron chi connectivity index (χ1n) is 8.87. The number of ether oxygens (including phenoxy) is 1. The molecule has 0 aliphatic rings. The molecule has 2 N–H and O–H groups in total. The zero-order valence-electron chi connectivity index (χ0n) is 15.5. The van der Waals surface area contributed by atoms with Crippen LogP contribution < -0.4 is 10.3 Å². The maximum absolute atomic E-state index is 12.7. The van der Waals surface area contributed by atoms with Crippen molar-refractivity contribution in [1.82, 2.24) is 19.7 Å². The summed E-state index contributed by atoms with van der Waals surface area (Å²) in [4.78, 5) is 20.2. The molecule has 0 aliphatic carbocycles. The molecule has 1 unspecified atom stereocenters. The van der Waals surface area contributed by atoms with E-state index in [0.29, 0.717) is 34.8 Å². The summed E-state index contributed by atoms with van der Waals surface area (Å²) in [6, 6.07) is 5.40. The maximum atomic E-state index is 12.7. The summed E-state index contributed by atoms with van der Waals surface area (Å²) in [6.07, 6.45) is 1.03. The molecule has 0 aliphatic heterocycles. The van der Waals surface area contributed by atoms with Crippen LogP contribution in [0.4, 0.5) is 0 Å². The third-order valence-corrected chi connectivity index (χ3v) is 4.29. The SMILES string of the molecule is CCCc1nn(C)c2c(=O)[nH]c(-c3cc(C(C)O)ccc3OCC)nc12. The van der Waals surface area contributed by atoms with Crippen LogP contribution in [0.15, 0.2) is 23.0 Å². The summed E-state index contributed by atoms with van der Waals surface area (Å²) in [5.41, 5.74) is 3.01. The predicted octanol–water partition coefficient (Wildman–Crippen LogP) is 2.73. The molecule has 2 aromatic heterocycles. The van der Waals surface area contributed by atoms with Gasteiger partial charge in [0.1, 0.15) is 17.1 Å². The summed E-state index contributed by atoms with van der Waals surface area (Å²) in [7, 11) is 1.75. The van der Waals surface area contributed by atoms with Crippen molar-refractivity contribution in [1.29, 1.82) is 0 Å². The second kappa shape index (κ2) is 7.29. The van der Waals surface area contributed by atoms with Gasteiger partial charge < -0.3 is 14.8 Å². The summed E-state index contributed by atoms with van der Waals surface area (Å²) < 4.78 is 7.27. The van der Waals surface area contributed by atoms with Crippen LogP contribution in [-0.4, -0.2) is 31.5 Å². The van der Waals surface area contributed by atoms with Crippen LogP contribution in [0.5, 0.6) is 5.75 Å². The molecular weight excluding hydrogens is 332 g/mol. The maximum Gasteiger partial charge on any atom is 0.277 e. The molecular formula is C19H24N4O3. The number of nitrogens with one attached hydrogen (secondary N) is 1. The topological polar surface area (TPSA) is 93.0 Å². The van der Waals surface area contributed by atoms with Crippen LogP contribution in [0.1, 0.15) is 44.6 Å². The van der Waals surface area contributed by atoms with Crippen molar-refractivity contribution in [2.45, 2.75) is 39.7 Å². The van der Waals surface area contributed by atoms with E-state index in [4.69, 9.17) is 4.74 Å². The van der Waals surface area contributed by atoms with Crippen molar-refractivity contribution >= 4 is 11.0 Å². The van der Waals surface area contributed by atoms with Crippen LogP contribution in [0.25, 0.3) is 22.4 Å². The second-order valence-corrected chi connectivity index (χ2v) is 6.30. The predicted molar refractivity (Wildman–Crippen MR) is 100 cm³/mol. The first-order chi connectivity index (χ1) is 12.5. The number of rotatable bonds is 6. The summed E-state index contributed by atoms with van der Waals surface area (Å²) >= 11 is 0. The molecule has 0 fully saturated rings. The Morgan fingerprint density at radius 2 is 2.12 bits per heavy atom. The quantitative estimate of drug-likeness (QED) is 0.708. The molecule has 138 valence electrons. The first kappa shape index (κ1) is 18.1. The number of hydrogen-bond donors (Lipinski definition) is 2. The number of hydrogen-bond acceptors (Lipinski definition) is 5. The zero-order valence-corrected chi connectivity index (χ0v) is 15.5. The van der Waals surface area contributed by atoms with E-state index in [2.05, 4.69) is 22.0 Å². The normalized spacial score (nSPS) is 12.5. The smallest absolute Gasteiger partial charge is 0.277 e.